The summed E-state index contributed by atoms with van der Waals surface area (Å²) in [7, 11) is 0. The number of nitrogens with one attached hydrogen (secondary N) is 1. The highest BCUT2D eigenvalue weighted by atomic mass is 16.1. The van der Waals surface area contributed by atoms with Crippen molar-refractivity contribution in [3.8, 4) is 0 Å². The van der Waals surface area contributed by atoms with Crippen LogP contribution in [0.5, 0.6) is 0 Å². The SMILES string of the molecule is Cc1ccn2cc(CNC(=O)c3ccc(N4CCc5ccccc5C4)cc3)nc2c1. The van der Waals surface area contributed by atoms with Crippen molar-refractivity contribution >= 4 is 17.2 Å². The zero-order valence-corrected chi connectivity index (χ0v) is 17.0. The zero-order valence-electron chi connectivity index (χ0n) is 17.0. The van der Waals surface area contributed by atoms with Crippen molar-refractivity contribution in [2.45, 2.75) is 26.4 Å². The molecule has 0 unspecified atom stereocenters. The number of aryl methyl sites for hydroxylation is 1. The Kier molecular flexibility index (Phi) is 4.71. The summed E-state index contributed by atoms with van der Waals surface area (Å²) in [6.45, 7) is 4.36. The highest BCUT2D eigenvalue weighted by molar-refractivity contribution is 5.94. The molecule has 1 N–H and O–H groups in total. The maximum absolute atomic E-state index is 12.6. The number of fused-ring (bicyclic) bond motifs is 2. The number of carbonyl (C=O) groups is 1. The number of imidazole rings is 1. The predicted molar refractivity (Wildman–Crippen MR) is 119 cm³/mol. The molecule has 0 saturated heterocycles. The molecule has 3 heterocycles. The largest absolute Gasteiger partial charge is 0.367 e. The first-order valence-electron chi connectivity index (χ1n) is 10.3. The number of benzene rings is 2. The van der Waals surface area contributed by atoms with Crippen molar-refractivity contribution in [1.29, 1.82) is 0 Å². The van der Waals surface area contributed by atoms with Gasteiger partial charge in [-0.15, -0.1) is 0 Å². The van der Waals surface area contributed by atoms with Gasteiger partial charge in [-0.3, -0.25) is 4.79 Å². The van der Waals surface area contributed by atoms with Gasteiger partial charge in [-0.25, -0.2) is 4.98 Å². The van der Waals surface area contributed by atoms with E-state index in [-0.39, 0.29) is 5.91 Å². The lowest BCUT2D eigenvalue weighted by Crippen LogP contribution is -2.30. The van der Waals surface area contributed by atoms with Gasteiger partial charge in [-0.05, 0) is 66.4 Å². The molecule has 0 aliphatic carbocycles. The third kappa shape index (κ3) is 3.66. The summed E-state index contributed by atoms with van der Waals surface area (Å²) >= 11 is 0. The van der Waals surface area contributed by atoms with Crippen molar-refractivity contribution in [2.24, 2.45) is 0 Å². The van der Waals surface area contributed by atoms with E-state index in [4.69, 9.17) is 0 Å². The van der Waals surface area contributed by atoms with Crippen LogP contribution in [0.3, 0.4) is 0 Å². The number of nitrogens with zero attached hydrogens (tertiary/aromatic N) is 3. The van der Waals surface area contributed by atoms with Crippen molar-refractivity contribution < 1.29 is 4.79 Å². The Morgan fingerprint density at radius 2 is 1.87 bits per heavy atom. The molecule has 0 spiro atoms. The average Bonchev–Trinajstić information content (AvgIpc) is 3.19. The summed E-state index contributed by atoms with van der Waals surface area (Å²) in [4.78, 5) is 19.5. The van der Waals surface area contributed by atoms with Gasteiger partial charge < -0.3 is 14.6 Å². The van der Waals surface area contributed by atoms with E-state index in [1.807, 2.05) is 60.1 Å². The molecule has 0 fully saturated rings. The minimum absolute atomic E-state index is 0.0845. The van der Waals surface area contributed by atoms with E-state index < -0.39 is 0 Å². The summed E-state index contributed by atoms with van der Waals surface area (Å²) < 4.78 is 1.97. The van der Waals surface area contributed by atoms with Gasteiger partial charge in [0.05, 0.1) is 12.2 Å². The van der Waals surface area contributed by atoms with E-state index in [0.29, 0.717) is 12.1 Å². The second kappa shape index (κ2) is 7.67. The van der Waals surface area contributed by atoms with Gasteiger partial charge in [0.2, 0.25) is 0 Å². The van der Waals surface area contributed by atoms with E-state index >= 15 is 0 Å². The second-order valence-electron chi connectivity index (χ2n) is 7.87. The number of rotatable bonds is 4. The molecule has 1 aliphatic rings. The fourth-order valence-electron chi connectivity index (χ4n) is 4.03. The van der Waals surface area contributed by atoms with Crippen molar-refractivity contribution in [3.63, 3.8) is 0 Å². The maximum atomic E-state index is 12.6. The van der Waals surface area contributed by atoms with Gasteiger partial charge >= 0.3 is 0 Å². The van der Waals surface area contributed by atoms with Gasteiger partial charge in [0.15, 0.2) is 0 Å². The minimum Gasteiger partial charge on any atom is -0.367 e. The van der Waals surface area contributed by atoms with Crippen LogP contribution in [-0.2, 0) is 19.5 Å². The molecule has 150 valence electrons. The summed E-state index contributed by atoms with van der Waals surface area (Å²) in [6.07, 6.45) is 4.99. The lowest BCUT2D eigenvalue weighted by molar-refractivity contribution is 0.0950. The smallest absolute Gasteiger partial charge is 0.251 e. The average molecular weight is 396 g/mol. The van der Waals surface area contributed by atoms with Crippen molar-refractivity contribution in [3.05, 3.63) is 101 Å². The fraction of sp³-hybridized carbons (Fsp3) is 0.200. The maximum Gasteiger partial charge on any atom is 0.251 e. The monoisotopic (exact) mass is 396 g/mol. The van der Waals surface area contributed by atoms with Crippen LogP contribution >= 0.6 is 0 Å². The highest BCUT2D eigenvalue weighted by Gasteiger charge is 2.16. The minimum atomic E-state index is -0.0845. The molecule has 5 heteroatoms. The van der Waals surface area contributed by atoms with Crippen LogP contribution in [0.15, 0.2) is 73.1 Å². The Hall–Kier alpha value is -3.60. The molecular formula is C25H24N4O. The number of pyridine rings is 1. The summed E-state index contributed by atoms with van der Waals surface area (Å²) in [5.74, 6) is -0.0845. The lowest BCUT2D eigenvalue weighted by Gasteiger charge is -2.30. The van der Waals surface area contributed by atoms with Crippen LogP contribution in [0.25, 0.3) is 5.65 Å². The first-order valence-corrected chi connectivity index (χ1v) is 10.3. The molecule has 30 heavy (non-hydrogen) atoms. The molecule has 1 aliphatic heterocycles. The Labute approximate surface area is 176 Å². The Bertz CT molecular complexity index is 1210. The molecule has 0 radical (unpaired) electrons. The molecule has 2 aromatic carbocycles. The summed E-state index contributed by atoms with van der Waals surface area (Å²) in [5, 5.41) is 2.97. The molecule has 5 nitrogen and oxygen atoms in total. The molecule has 0 saturated carbocycles. The molecule has 0 bridgehead atoms. The molecule has 4 aromatic rings. The van der Waals surface area contributed by atoms with Gasteiger partial charge in [-0.1, -0.05) is 24.3 Å². The van der Waals surface area contributed by atoms with E-state index in [2.05, 4.69) is 39.5 Å². The Balaban J connectivity index is 1.23. The molecule has 2 aromatic heterocycles. The van der Waals surface area contributed by atoms with Crippen molar-refractivity contribution in [2.75, 3.05) is 11.4 Å². The number of aromatic nitrogens is 2. The Morgan fingerprint density at radius 1 is 1.07 bits per heavy atom. The topological polar surface area (TPSA) is 49.6 Å². The van der Waals surface area contributed by atoms with E-state index in [9.17, 15) is 4.79 Å². The van der Waals surface area contributed by atoms with Crippen LogP contribution in [0.4, 0.5) is 5.69 Å². The van der Waals surface area contributed by atoms with Gasteiger partial charge in [-0.2, -0.15) is 0 Å². The summed E-state index contributed by atoms with van der Waals surface area (Å²) in [5.41, 5.74) is 7.54. The van der Waals surface area contributed by atoms with Crippen LogP contribution < -0.4 is 10.2 Å². The second-order valence-corrected chi connectivity index (χ2v) is 7.87. The number of hydrogen-bond donors (Lipinski definition) is 1. The summed E-state index contributed by atoms with van der Waals surface area (Å²) in [6, 6.07) is 20.6. The van der Waals surface area contributed by atoms with Gasteiger partial charge in [0.1, 0.15) is 5.65 Å². The molecule has 0 atom stereocenters. The number of amides is 1. The molecular weight excluding hydrogens is 372 g/mol. The predicted octanol–water partition coefficient (Wildman–Crippen LogP) is 4.14. The lowest BCUT2D eigenvalue weighted by atomic mass is 9.99. The van der Waals surface area contributed by atoms with Gasteiger partial charge in [0.25, 0.3) is 5.91 Å². The van der Waals surface area contributed by atoms with Crippen LogP contribution in [0.2, 0.25) is 0 Å². The van der Waals surface area contributed by atoms with E-state index in [1.54, 1.807) is 0 Å². The van der Waals surface area contributed by atoms with Crippen LogP contribution in [0, 0.1) is 6.92 Å². The number of anilines is 1. The fourth-order valence-corrected chi connectivity index (χ4v) is 4.03. The third-order valence-corrected chi connectivity index (χ3v) is 5.72. The zero-order chi connectivity index (χ0) is 20.5. The highest BCUT2D eigenvalue weighted by Crippen LogP contribution is 2.24. The van der Waals surface area contributed by atoms with Crippen molar-refractivity contribution in [1.82, 2.24) is 14.7 Å². The standard InChI is InChI=1S/C25H24N4O/c1-18-10-12-29-17-22(27-24(29)14-18)15-26-25(30)20-6-8-23(9-7-20)28-13-11-19-4-2-3-5-21(19)16-28/h2-10,12,14,17H,11,13,15-16H2,1H3,(H,26,30). The molecule has 5 rings (SSSR count). The first kappa shape index (κ1) is 18.4. The normalized spacial score (nSPS) is 13.3. The third-order valence-electron chi connectivity index (χ3n) is 5.72. The molecule has 1 amide bonds. The Morgan fingerprint density at radius 3 is 2.70 bits per heavy atom. The van der Waals surface area contributed by atoms with E-state index in [1.165, 1.54) is 16.7 Å². The van der Waals surface area contributed by atoms with Gasteiger partial charge in [0, 0.05) is 36.7 Å². The number of hydrogen-bond acceptors (Lipinski definition) is 3. The van der Waals surface area contributed by atoms with E-state index in [0.717, 1.165) is 36.5 Å². The number of carbonyl (C=O) groups excluding carboxylic acids is 1. The van der Waals surface area contributed by atoms with Crippen LogP contribution in [0.1, 0.15) is 32.7 Å². The quantitative estimate of drug-likeness (QED) is 0.564. The first-order chi connectivity index (χ1) is 14.7. The van der Waals surface area contributed by atoms with Crippen LogP contribution in [-0.4, -0.2) is 21.8 Å².